The van der Waals surface area contributed by atoms with Gasteiger partial charge in [0.1, 0.15) is 0 Å². The Labute approximate surface area is 174 Å². The summed E-state index contributed by atoms with van der Waals surface area (Å²) in [7, 11) is 0. The van der Waals surface area contributed by atoms with E-state index in [0.717, 1.165) is 16.8 Å². The predicted molar refractivity (Wildman–Crippen MR) is 116 cm³/mol. The topological polar surface area (TPSA) is 81.8 Å². The number of carbonyl (C=O) groups is 3. The molecule has 0 aliphatic carbocycles. The molecule has 154 valence electrons. The normalized spacial score (nSPS) is 14.5. The molecule has 3 amide bonds. The second kappa shape index (κ2) is 9.19. The average molecular weight is 415 g/mol. The SMILES string of the molecule is CC(=O)Nc1ccc(C(=O)N2CCN(CC(=O)Nc3c(C)cccc3C)CC2)s1. The van der Waals surface area contributed by atoms with Crippen molar-refractivity contribution in [2.45, 2.75) is 20.8 Å². The minimum absolute atomic E-state index is 0.0359. The van der Waals surface area contributed by atoms with E-state index in [9.17, 15) is 14.4 Å². The first-order chi connectivity index (χ1) is 13.8. The van der Waals surface area contributed by atoms with Crippen LogP contribution < -0.4 is 10.6 Å². The third kappa shape index (κ3) is 5.42. The first-order valence-corrected chi connectivity index (χ1v) is 10.4. The van der Waals surface area contributed by atoms with Crippen molar-refractivity contribution in [3.05, 3.63) is 46.3 Å². The summed E-state index contributed by atoms with van der Waals surface area (Å²) < 4.78 is 0. The van der Waals surface area contributed by atoms with E-state index in [0.29, 0.717) is 42.6 Å². The lowest BCUT2D eigenvalue weighted by atomic mass is 10.1. The van der Waals surface area contributed by atoms with Crippen molar-refractivity contribution in [3.8, 4) is 0 Å². The summed E-state index contributed by atoms with van der Waals surface area (Å²) in [6.07, 6.45) is 0. The highest BCUT2D eigenvalue weighted by Gasteiger charge is 2.24. The van der Waals surface area contributed by atoms with Gasteiger partial charge in [-0.2, -0.15) is 0 Å². The predicted octanol–water partition coefficient (Wildman–Crippen LogP) is 2.72. The molecule has 0 bridgehead atoms. The fraction of sp³-hybridized carbons (Fsp3) is 0.381. The summed E-state index contributed by atoms with van der Waals surface area (Å²) in [4.78, 5) is 40.7. The lowest BCUT2D eigenvalue weighted by Crippen LogP contribution is -2.50. The van der Waals surface area contributed by atoms with Crippen molar-refractivity contribution in [1.82, 2.24) is 9.80 Å². The number of thiophene rings is 1. The molecule has 0 saturated carbocycles. The Morgan fingerprint density at radius 2 is 1.62 bits per heavy atom. The maximum atomic E-state index is 12.7. The van der Waals surface area contributed by atoms with Crippen LogP contribution in [-0.4, -0.2) is 60.2 Å². The van der Waals surface area contributed by atoms with Crippen LogP contribution in [0.5, 0.6) is 0 Å². The summed E-state index contributed by atoms with van der Waals surface area (Å²) in [5.41, 5.74) is 2.96. The maximum absolute atomic E-state index is 12.7. The van der Waals surface area contributed by atoms with Crippen LogP contribution in [0.3, 0.4) is 0 Å². The highest BCUT2D eigenvalue weighted by molar-refractivity contribution is 7.18. The number of benzene rings is 1. The molecule has 0 unspecified atom stereocenters. The second-order valence-corrected chi connectivity index (χ2v) is 8.31. The van der Waals surface area contributed by atoms with Gasteiger partial charge in [0, 0.05) is 38.8 Å². The monoisotopic (exact) mass is 414 g/mol. The van der Waals surface area contributed by atoms with Gasteiger partial charge in [-0.15, -0.1) is 11.3 Å². The Kier molecular flexibility index (Phi) is 6.66. The minimum Gasteiger partial charge on any atom is -0.335 e. The van der Waals surface area contributed by atoms with Crippen molar-refractivity contribution >= 4 is 39.7 Å². The van der Waals surface area contributed by atoms with Crippen molar-refractivity contribution in [3.63, 3.8) is 0 Å². The number of piperazine rings is 1. The number of nitrogens with one attached hydrogen (secondary N) is 2. The van der Waals surface area contributed by atoms with E-state index in [1.54, 1.807) is 17.0 Å². The van der Waals surface area contributed by atoms with Crippen LogP contribution in [0.2, 0.25) is 0 Å². The molecular weight excluding hydrogens is 388 g/mol. The Balaban J connectivity index is 1.50. The lowest BCUT2D eigenvalue weighted by Gasteiger charge is -2.34. The van der Waals surface area contributed by atoms with Gasteiger partial charge in [-0.05, 0) is 37.1 Å². The van der Waals surface area contributed by atoms with Crippen molar-refractivity contribution in [2.75, 3.05) is 43.4 Å². The molecule has 1 aromatic carbocycles. The van der Waals surface area contributed by atoms with Crippen molar-refractivity contribution in [1.29, 1.82) is 0 Å². The number of nitrogens with zero attached hydrogens (tertiary/aromatic N) is 2. The number of aryl methyl sites for hydroxylation is 2. The van der Waals surface area contributed by atoms with Crippen molar-refractivity contribution in [2.24, 2.45) is 0 Å². The molecule has 1 aromatic heterocycles. The van der Waals surface area contributed by atoms with E-state index in [1.165, 1.54) is 18.3 Å². The van der Waals surface area contributed by atoms with Crippen LogP contribution in [0.25, 0.3) is 0 Å². The van der Waals surface area contributed by atoms with Gasteiger partial charge >= 0.3 is 0 Å². The molecule has 2 N–H and O–H groups in total. The highest BCUT2D eigenvalue weighted by Crippen LogP contribution is 2.24. The summed E-state index contributed by atoms with van der Waals surface area (Å²) in [6.45, 7) is 8.15. The molecule has 0 radical (unpaired) electrons. The number of carbonyl (C=O) groups excluding carboxylic acids is 3. The molecule has 1 aliphatic heterocycles. The van der Waals surface area contributed by atoms with E-state index in [1.807, 2.05) is 32.0 Å². The van der Waals surface area contributed by atoms with Gasteiger partial charge in [-0.25, -0.2) is 0 Å². The molecule has 8 heteroatoms. The van der Waals surface area contributed by atoms with Gasteiger partial charge in [0.15, 0.2) is 0 Å². The van der Waals surface area contributed by atoms with Crippen LogP contribution >= 0.6 is 11.3 Å². The third-order valence-corrected chi connectivity index (χ3v) is 5.88. The standard InChI is InChI=1S/C21H26N4O3S/c1-14-5-4-6-15(2)20(14)23-18(27)13-24-9-11-25(12-10-24)21(28)17-7-8-19(29-17)22-16(3)26/h4-8H,9-13H2,1-3H3,(H,22,26)(H,23,27). The molecule has 0 atom stereocenters. The number of anilines is 2. The molecule has 0 spiro atoms. The summed E-state index contributed by atoms with van der Waals surface area (Å²) in [5.74, 6) is -0.231. The smallest absolute Gasteiger partial charge is 0.264 e. The lowest BCUT2D eigenvalue weighted by molar-refractivity contribution is -0.117. The Hall–Kier alpha value is -2.71. The van der Waals surface area contributed by atoms with E-state index < -0.39 is 0 Å². The highest BCUT2D eigenvalue weighted by atomic mass is 32.1. The van der Waals surface area contributed by atoms with Gasteiger partial charge in [-0.1, -0.05) is 18.2 Å². The summed E-state index contributed by atoms with van der Waals surface area (Å²) in [6, 6.07) is 9.42. The van der Waals surface area contributed by atoms with Crippen molar-refractivity contribution < 1.29 is 14.4 Å². The fourth-order valence-corrected chi connectivity index (χ4v) is 4.27. The van der Waals surface area contributed by atoms with Gasteiger partial charge < -0.3 is 15.5 Å². The first-order valence-electron chi connectivity index (χ1n) is 9.58. The molecule has 3 rings (SSSR count). The van der Waals surface area contributed by atoms with Crippen LogP contribution in [0, 0.1) is 13.8 Å². The van der Waals surface area contributed by atoms with Gasteiger partial charge in [0.05, 0.1) is 16.4 Å². The second-order valence-electron chi connectivity index (χ2n) is 7.23. The molecule has 2 aromatic rings. The van der Waals surface area contributed by atoms with Crippen LogP contribution in [-0.2, 0) is 9.59 Å². The Morgan fingerprint density at radius 3 is 2.24 bits per heavy atom. The zero-order valence-corrected chi connectivity index (χ0v) is 17.8. The molecule has 29 heavy (non-hydrogen) atoms. The number of rotatable bonds is 5. The van der Waals surface area contributed by atoms with E-state index in [2.05, 4.69) is 15.5 Å². The molecular formula is C21H26N4O3S. The van der Waals surface area contributed by atoms with Crippen LogP contribution in [0.4, 0.5) is 10.7 Å². The van der Waals surface area contributed by atoms with E-state index in [-0.39, 0.29) is 17.7 Å². The molecule has 1 saturated heterocycles. The molecule has 2 heterocycles. The van der Waals surface area contributed by atoms with Crippen LogP contribution in [0.1, 0.15) is 27.7 Å². The van der Waals surface area contributed by atoms with E-state index in [4.69, 9.17) is 0 Å². The fourth-order valence-electron chi connectivity index (χ4n) is 3.35. The molecule has 1 aliphatic rings. The maximum Gasteiger partial charge on any atom is 0.264 e. The summed E-state index contributed by atoms with van der Waals surface area (Å²) >= 11 is 1.28. The van der Waals surface area contributed by atoms with Gasteiger partial charge in [-0.3, -0.25) is 19.3 Å². The summed E-state index contributed by atoms with van der Waals surface area (Å²) in [5, 5.41) is 6.37. The van der Waals surface area contributed by atoms with Gasteiger partial charge in [0.2, 0.25) is 11.8 Å². The zero-order valence-electron chi connectivity index (χ0n) is 16.9. The Bertz CT molecular complexity index is 896. The number of para-hydroxylation sites is 1. The van der Waals surface area contributed by atoms with E-state index >= 15 is 0 Å². The number of amides is 3. The molecule has 7 nitrogen and oxygen atoms in total. The number of hydrogen-bond acceptors (Lipinski definition) is 5. The molecule has 1 fully saturated rings. The minimum atomic E-state index is -0.154. The van der Waals surface area contributed by atoms with Crippen LogP contribution in [0.15, 0.2) is 30.3 Å². The first kappa shape index (κ1) is 21.0. The largest absolute Gasteiger partial charge is 0.335 e. The average Bonchev–Trinajstić information content (AvgIpc) is 3.12. The number of hydrogen-bond donors (Lipinski definition) is 2. The zero-order chi connectivity index (χ0) is 21.0. The quantitative estimate of drug-likeness (QED) is 0.788. The third-order valence-electron chi connectivity index (χ3n) is 4.89. The van der Waals surface area contributed by atoms with Gasteiger partial charge in [0.25, 0.3) is 5.91 Å². The Morgan fingerprint density at radius 1 is 0.966 bits per heavy atom.